The molecular formula is C21H34IN7. The van der Waals surface area contributed by atoms with E-state index in [0.29, 0.717) is 18.5 Å². The van der Waals surface area contributed by atoms with Gasteiger partial charge in [0.15, 0.2) is 5.96 Å². The highest BCUT2D eigenvalue weighted by molar-refractivity contribution is 14.0. The van der Waals surface area contributed by atoms with Crippen molar-refractivity contribution in [1.29, 1.82) is 0 Å². The molecule has 2 aromatic heterocycles. The van der Waals surface area contributed by atoms with Crippen molar-refractivity contribution in [3.05, 3.63) is 42.1 Å². The van der Waals surface area contributed by atoms with Crippen LogP contribution in [0.25, 0.3) is 0 Å². The maximum Gasteiger partial charge on any atom is 0.191 e. The molecule has 1 fully saturated rings. The highest BCUT2D eigenvalue weighted by atomic mass is 127. The number of anilines is 1. The highest BCUT2D eigenvalue weighted by Gasteiger charge is 2.21. The lowest BCUT2D eigenvalue weighted by molar-refractivity contribution is 0.458. The summed E-state index contributed by atoms with van der Waals surface area (Å²) in [5.74, 6) is 3.55. The zero-order valence-corrected chi connectivity index (χ0v) is 20.3. The molecule has 1 aliphatic heterocycles. The molecule has 2 N–H and O–H groups in total. The van der Waals surface area contributed by atoms with Crippen molar-refractivity contribution in [3.63, 3.8) is 0 Å². The van der Waals surface area contributed by atoms with Crippen LogP contribution >= 0.6 is 24.0 Å². The number of nitrogens with one attached hydrogen (secondary N) is 2. The minimum absolute atomic E-state index is 0. The maximum absolute atomic E-state index is 4.55. The van der Waals surface area contributed by atoms with Gasteiger partial charge in [-0.2, -0.15) is 0 Å². The van der Waals surface area contributed by atoms with Gasteiger partial charge in [-0.25, -0.2) is 9.97 Å². The number of guanidine groups is 1. The maximum atomic E-state index is 4.55. The lowest BCUT2D eigenvalue weighted by atomic mass is 10.1. The predicted molar refractivity (Wildman–Crippen MR) is 130 cm³/mol. The predicted octanol–water partition coefficient (Wildman–Crippen LogP) is 3.19. The van der Waals surface area contributed by atoms with Crippen molar-refractivity contribution in [2.24, 2.45) is 10.9 Å². The van der Waals surface area contributed by atoms with Gasteiger partial charge in [-0.3, -0.25) is 4.99 Å². The van der Waals surface area contributed by atoms with E-state index >= 15 is 0 Å². The monoisotopic (exact) mass is 511 g/mol. The molecule has 0 saturated carbocycles. The zero-order chi connectivity index (χ0) is 19.9. The lowest BCUT2D eigenvalue weighted by Crippen LogP contribution is -2.48. The third kappa shape index (κ3) is 6.87. The van der Waals surface area contributed by atoms with Crippen LogP contribution in [0.3, 0.4) is 0 Å². The SMILES string of the molecule is CN=C(NCc1nccn1CC(C)C)NC1CCN(c2ccc(C)cn2)CC1.I. The van der Waals surface area contributed by atoms with Crippen molar-refractivity contribution in [3.8, 4) is 0 Å². The molecule has 3 heterocycles. The summed E-state index contributed by atoms with van der Waals surface area (Å²) in [5, 5.41) is 6.98. The Hall–Kier alpha value is -1.84. The summed E-state index contributed by atoms with van der Waals surface area (Å²) in [6, 6.07) is 4.66. The van der Waals surface area contributed by atoms with Gasteiger partial charge in [0.2, 0.25) is 0 Å². The van der Waals surface area contributed by atoms with Crippen LogP contribution in [0.15, 0.2) is 35.7 Å². The second-order valence-corrected chi connectivity index (χ2v) is 7.91. The number of aromatic nitrogens is 3. The van der Waals surface area contributed by atoms with Crippen LogP contribution in [0.2, 0.25) is 0 Å². The van der Waals surface area contributed by atoms with E-state index in [1.807, 2.05) is 25.6 Å². The van der Waals surface area contributed by atoms with Crippen molar-refractivity contribution in [1.82, 2.24) is 25.2 Å². The van der Waals surface area contributed by atoms with Crippen molar-refractivity contribution >= 4 is 35.8 Å². The van der Waals surface area contributed by atoms with Gasteiger partial charge in [0.25, 0.3) is 0 Å². The first-order valence-corrected chi connectivity index (χ1v) is 10.2. The zero-order valence-electron chi connectivity index (χ0n) is 17.9. The van der Waals surface area contributed by atoms with Crippen LogP contribution in [-0.4, -0.2) is 46.7 Å². The van der Waals surface area contributed by atoms with E-state index in [0.717, 1.165) is 50.1 Å². The summed E-state index contributed by atoms with van der Waals surface area (Å²) in [7, 11) is 1.82. The average Bonchev–Trinajstić information content (AvgIpc) is 3.12. The Balaban J connectivity index is 0.00000300. The fraction of sp³-hybridized carbons (Fsp3) is 0.571. The van der Waals surface area contributed by atoms with Crippen LogP contribution in [0.4, 0.5) is 5.82 Å². The van der Waals surface area contributed by atoms with Crippen LogP contribution in [0, 0.1) is 12.8 Å². The third-order valence-corrected chi connectivity index (χ3v) is 5.06. The van der Waals surface area contributed by atoms with E-state index in [9.17, 15) is 0 Å². The normalized spacial score (nSPS) is 15.3. The summed E-state index contributed by atoms with van der Waals surface area (Å²) in [6.07, 6.45) is 7.98. The molecule has 0 aliphatic carbocycles. The van der Waals surface area contributed by atoms with E-state index in [1.165, 1.54) is 5.56 Å². The van der Waals surface area contributed by atoms with E-state index in [4.69, 9.17) is 0 Å². The fourth-order valence-electron chi connectivity index (χ4n) is 3.52. The average molecular weight is 511 g/mol. The number of hydrogen-bond acceptors (Lipinski definition) is 4. The summed E-state index contributed by atoms with van der Waals surface area (Å²) in [6.45, 7) is 10.2. The molecule has 29 heavy (non-hydrogen) atoms. The molecular weight excluding hydrogens is 477 g/mol. The molecule has 3 rings (SSSR count). The van der Waals surface area contributed by atoms with Crippen LogP contribution in [-0.2, 0) is 13.1 Å². The van der Waals surface area contributed by atoms with Gasteiger partial charge in [-0.1, -0.05) is 19.9 Å². The number of pyridine rings is 1. The number of piperidine rings is 1. The van der Waals surface area contributed by atoms with Gasteiger partial charge in [0.1, 0.15) is 11.6 Å². The topological polar surface area (TPSA) is 70.4 Å². The number of nitrogens with zero attached hydrogens (tertiary/aromatic N) is 5. The first-order valence-electron chi connectivity index (χ1n) is 10.2. The van der Waals surface area contributed by atoms with E-state index < -0.39 is 0 Å². The number of aliphatic imine (C=N–C) groups is 1. The minimum atomic E-state index is 0. The number of halogens is 1. The first kappa shape index (κ1) is 23.4. The van der Waals surface area contributed by atoms with E-state index in [1.54, 1.807) is 0 Å². The largest absolute Gasteiger partial charge is 0.356 e. The fourth-order valence-corrected chi connectivity index (χ4v) is 3.52. The molecule has 160 valence electrons. The van der Waals surface area contributed by atoms with Gasteiger partial charge in [-0.05, 0) is 37.3 Å². The number of hydrogen-bond donors (Lipinski definition) is 2. The Morgan fingerprint density at radius 2 is 2.00 bits per heavy atom. The standard InChI is InChI=1S/C21H33N7.HI/c1-16(2)15-28-12-9-23-20(28)14-25-21(22-4)26-18-7-10-27(11-8-18)19-6-5-17(3)13-24-19;/h5-6,9,12-13,16,18H,7-8,10-11,14-15H2,1-4H3,(H2,22,25,26);1H. The molecule has 8 heteroatoms. The summed E-state index contributed by atoms with van der Waals surface area (Å²) < 4.78 is 2.21. The molecule has 7 nitrogen and oxygen atoms in total. The molecule has 1 aliphatic rings. The lowest BCUT2D eigenvalue weighted by Gasteiger charge is -2.33. The minimum Gasteiger partial charge on any atom is -0.356 e. The molecule has 0 amide bonds. The molecule has 2 aromatic rings. The second-order valence-electron chi connectivity index (χ2n) is 7.91. The Morgan fingerprint density at radius 1 is 1.24 bits per heavy atom. The van der Waals surface area contributed by atoms with Gasteiger partial charge in [-0.15, -0.1) is 24.0 Å². The van der Waals surface area contributed by atoms with E-state index in [2.05, 4.69) is 68.0 Å². The number of aryl methyl sites for hydroxylation is 1. The van der Waals surface area contributed by atoms with Gasteiger partial charge in [0, 0.05) is 51.3 Å². The molecule has 0 atom stereocenters. The summed E-state index contributed by atoms with van der Waals surface area (Å²) in [4.78, 5) is 15.8. The van der Waals surface area contributed by atoms with Gasteiger partial charge < -0.3 is 20.1 Å². The smallest absolute Gasteiger partial charge is 0.191 e. The van der Waals surface area contributed by atoms with Crippen molar-refractivity contribution in [2.75, 3.05) is 25.0 Å². The van der Waals surface area contributed by atoms with E-state index in [-0.39, 0.29) is 24.0 Å². The van der Waals surface area contributed by atoms with Crippen molar-refractivity contribution in [2.45, 2.75) is 52.7 Å². The van der Waals surface area contributed by atoms with Crippen LogP contribution in [0.5, 0.6) is 0 Å². The second kappa shape index (κ2) is 11.4. The first-order chi connectivity index (χ1) is 13.5. The summed E-state index contributed by atoms with van der Waals surface area (Å²) in [5.41, 5.74) is 1.20. The Labute approximate surface area is 191 Å². The molecule has 1 saturated heterocycles. The Kier molecular flexibility index (Phi) is 9.19. The molecule has 0 radical (unpaired) electrons. The van der Waals surface area contributed by atoms with Crippen LogP contribution in [0.1, 0.15) is 38.1 Å². The summed E-state index contributed by atoms with van der Waals surface area (Å²) >= 11 is 0. The highest BCUT2D eigenvalue weighted by Crippen LogP contribution is 2.18. The Bertz CT molecular complexity index is 762. The Morgan fingerprint density at radius 3 is 2.62 bits per heavy atom. The molecule has 0 bridgehead atoms. The van der Waals surface area contributed by atoms with Crippen molar-refractivity contribution < 1.29 is 0 Å². The quantitative estimate of drug-likeness (QED) is 0.354. The number of imidazole rings is 1. The molecule has 0 spiro atoms. The van der Waals surface area contributed by atoms with Crippen LogP contribution < -0.4 is 15.5 Å². The van der Waals surface area contributed by atoms with Gasteiger partial charge in [0.05, 0.1) is 6.54 Å². The number of rotatable bonds is 6. The third-order valence-electron chi connectivity index (χ3n) is 5.06. The molecule has 0 unspecified atom stereocenters. The molecule has 0 aromatic carbocycles. The van der Waals surface area contributed by atoms with Gasteiger partial charge >= 0.3 is 0 Å².